The van der Waals surface area contributed by atoms with E-state index in [1.54, 1.807) is 6.92 Å². The SMILES string of the molecule is Cc1nc(NCC2CN(C)CCO2)sc1C(=O)O. The van der Waals surface area contributed by atoms with Crippen molar-refractivity contribution in [3.05, 3.63) is 10.6 Å². The number of anilines is 1. The fraction of sp³-hybridized carbons (Fsp3) is 0.636. The van der Waals surface area contributed by atoms with Gasteiger partial charge >= 0.3 is 5.97 Å². The number of nitrogens with one attached hydrogen (secondary N) is 1. The molecule has 0 bridgehead atoms. The molecule has 2 rings (SSSR count). The summed E-state index contributed by atoms with van der Waals surface area (Å²) >= 11 is 1.17. The number of hydrogen-bond acceptors (Lipinski definition) is 6. The number of aryl methyl sites for hydroxylation is 1. The summed E-state index contributed by atoms with van der Waals surface area (Å²) in [6, 6.07) is 0. The number of thiazole rings is 1. The smallest absolute Gasteiger partial charge is 0.347 e. The second-order valence-corrected chi connectivity index (χ2v) is 5.37. The van der Waals surface area contributed by atoms with Crippen LogP contribution in [0.2, 0.25) is 0 Å². The number of ether oxygens (including phenoxy) is 1. The zero-order chi connectivity index (χ0) is 13.1. The van der Waals surface area contributed by atoms with E-state index in [1.807, 2.05) is 0 Å². The lowest BCUT2D eigenvalue weighted by atomic mass is 10.3. The molecule has 100 valence electrons. The lowest BCUT2D eigenvalue weighted by Crippen LogP contribution is -2.43. The Hall–Kier alpha value is -1.18. The lowest BCUT2D eigenvalue weighted by molar-refractivity contribution is -0.0117. The van der Waals surface area contributed by atoms with Crippen molar-refractivity contribution in [2.45, 2.75) is 13.0 Å². The molecule has 0 saturated carbocycles. The van der Waals surface area contributed by atoms with Crippen molar-refractivity contribution in [3.63, 3.8) is 0 Å². The summed E-state index contributed by atoms with van der Waals surface area (Å²) in [5.41, 5.74) is 0.552. The molecule has 1 saturated heterocycles. The Kier molecular flexibility index (Phi) is 4.15. The quantitative estimate of drug-likeness (QED) is 0.847. The molecule has 2 heterocycles. The molecule has 1 aliphatic rings. The summed E-state index contributed by atoms with van der Waals surface area (Å²) in [4.78, 5) is 17.6. The maximum atomic E-state index is 10.9. The molecule has 0 spiro atoms. The van der Waals surface area contributed by atoms with Gasteiger partial charge in [0, 0.05) is 19.6 Å². The normalized spacial score (nSPS) is 20.9. The Morgan fingerprint density at radius 1 is 1.72 bits per heavy atom. The molecule has 1 atom stereocenters. The number of hydrogen-bond donors (Lipinski definition) is 2. The van der Waals surface area contributed by atoms with E-state index in [1.165, 1.54) is 11.3 Å². The highest BCUT2D eigenvalue weighted by Gasteiger charge is 2.19. The van der Waals surface area contributed by atoms with Crippen molar-refractivity contribution < 1.29 is 14.6 Å². The first-order chi connectivity index (χ1) is 8.56. The van der Waals surface area contributed by atoms with Crippen molar-refractivity contribution in [1.29, 1.82) is 0 Å². The van der Waals surface area contributed by atoms with E-state index >= 15 is 0 Å². The molecule has 2 N–H and O–H groups in total. The van der Waals surface area contributed by atoms with Crippen LogP contribution in [0.5, 0.6) is 0 Å². The van der Waals surface area contributed by atoms with E-state index in [4.69, 9.17) is 9.84 Å². The van der Waals surface area contributed by atoms with Crippen molar-refractivity contribution in [1.82, 2.24) is 9.88 Å². The van der Waals surface area contributed by atoms with Gasteiger partial charge in [-0.2, -0.15) is 0 Å². The van der Waals surface area contributed by atoms with Gasteiger partial charge < -0.3 is 20.1 Å². The Morgan fingerprint density at radius 2 is 2.50 bits per heavy atom. The summed E-state index contributed by atoms with van der Waals surface area (Å²) in [5.74, 6) is -0.924. The monoisotopic (exact) mass is 271 g/mol. The Balaban J connectivity index is 1.90. The molecule has 1 aromatic rings. The second kappa shape index (κ2) is 5.64. The number of aromatic carboxylic acids is 1. The van der Waals surface area contributed by atoms with Gasteiger partial charge in [-0.05, 0) is 14.0 Å². The summed E-state index contributed by atoms with van der Waals surface area (Å²) in [6.45, 7) is 4.92. The largest absolute Gasteiger partial charge is 0.477 e. The Labute approximate surface area is 110 Å². The first-order valence-electron chi connectivity index (χ1n) is 5.81. The molecule has 0 amide bonds. The van der Waals surface area contributed by atoms with Crippen molar-refractivity contribution >= 4 is 22.4 Å². The Morgan fingerprint density at radius 3 is 3.11 bits per heavy atom. The van der Waals surface area contributed by atoms with Crippen LogP contribution in [0.3, 0.4) is 0 Å². The van der Waals surface area contributed by atoms with E-state index < -0.39 is 5.97 Å². The molecule has 0 radical (unpaired) electrons. The highest BCUT2D eigenvalue weighted by atomic mass is 32.1. The van der Waals surface area contributed by atoms with Crippen LogP contribution < -0.4 is 5.32 Å². The average molecular weight is 271 g/mol. The van der Waals surface area contributed by atoms with Crippen LogP contribution in [-0.4, -0.2) is 60.4 Å². The zero-order valence-corrected chi connectivity index (χ0v) is 11.3. The summed E-state index contributed by atoms with van der Waals surface area (Å²) in [5, 5.41) is 12.7. The lowest BCUT2D eigenvalue weighted by Gasteiger charge is -2.29. The molecule has 1 fully saturated rings. The third-order valence-corrected chi connectivity index (χ3v) is 3.92. The van der Waals surface area contributed by atoms with Crippen LogP contribution in [0.25, 0.3) is 0 Å². The molecule has 1 aliphatic heterocycles. The standard InChI is InChI=1S/C11H17N3O3S/c1-7-9(10(15)16)18-11(13-7)12-5-8-6-14(2)3-4-17-8/h8H,3-6H2,1-2H3,(H,12,13)(H,15,16). The van der Waals surface area contributed by atoms with Crippen LogP contribution in [0.4, 0.5) is 5.13 Å². The molecule has 1 aromatic heterocycles. The number of morpholine rings is 1. The van der Waals surface area contributed by atoms with E-state index in [-0.39, 0.29) is 6.10 Å². The van der Waals surface area contributed by atoms with Gasteiger partial charge in [0.1, 0.15) is 4.88 Å². The molecule has 0 aromatic carbocycles. The number of carboxylic acid groups (broad SMARTS) is 1. The highest BCUT2D eigenvalue weighted by Crippen LogP contribution is 2.22. The van der Waals surface area contributed by atoms with E-state index in [2.05, 4.69) is 22.2 Å². The molecule has 6 nitrogen and oxygen atoms in total. The maximum Gasteiger partial charge on any atom is 0.347 e. The minimum atomic E-state index is -0.924. The molecular weight excluding hydrogens is 254 g/mol. The minimum Gasteiger partial charge on any atom is -0.477 e. The zero-order valence-electron chi connectivity index (χ0n) is 10.5. The first kappa shape index (κ1) is 13.3. The van der Waals surface area contributed by atoms with E-state index in [0.29, 0.717) is 22.2 Å². The van der Waals surface area contributed by atoms with Crippen molar-refractivity contribution in [2.75, 3.05) is 38.6 Å². The highest BCUT2D eigenvalue weighted by molar-refractivity contribution is 7.17. The number of rotatable bonds is 4. The van der Waals surface area contributed by atoms with Crippen LogP contribution in [0.1, 0.15) is 15.4 Å². The Bertz CT molecular complexity index is 435. The van der Waals surface area contributed by atoms with Gasteiger partial charge in [-0.1, -0.05) is 11.3 Å². The van der Waals surface area contributed by atoms with Crippen LogP contribution in [0.15, 0.2) is 0 Å². The third kappa shape index (κ3) is 3.18. The third-order valence-electron chi connectivity index (χ3n) is 2.81. The van der Waals surface area contributed by atoms with Gasteiger partial charge in [0.15, 0.2) is 5.13 Å². The second-order valence-electron chi connectivity index (χ2n) is 4.37. The minimum absolute atomic E-state index is 0.126. The molecule has 1 unspecified atom stereocenters. The molecule has 0 aliphatic carbocycles. The predicted octanol–water partition coefficient (Wildman–Crippen LogP) is 0.892. The predicted molar refractivity (Wildman–Crippen MR) is 69.5 cm³/mol. The summed E-state index contributed by atoms with van der Waals surface area (Å²) in [7, 11) is 2.06. The number of likely N-dealkylation sites (N-methyl/N-ethyl adjacent to an activating group) is 1. The van der Waals surface area contributed by atoms with Gasteiger partial charge in [0.2, 0.25) is 0 Å². The van der Waals surface area contributed by atoms with Crippen LogP contribution >= 0.6 is 11.3 Å². The van der Waals surface area contributed by atoms with Gasteiger partial charge in [-0.3, -0.25) is 0 Å². The van der Waals surface area contributed by atoms with Crippen molar-refractivity contribution in [3.8, 4) is 0 Å². The van der Waals surface area contributed by atoms with Crippen molar-refractivity contribution in [2.24, 2.45) is 0 Å². The van der Waals surface area contributed by atoms with E-state index in [0.717, 1.165) is 19.7 Å². The fourth-order valence-electron chi connectivity index (χ4n) is 1.86. The number of nitrogens with zero attached hydrogens (tertiary/aromatic N) is 2. The summed E-state index contributed by atoms with van der Waals surface area (Å²) < 4.78 is 5.61. The average Bonchev–Trinajstić information content (AvgIpc) is 2.68. The number of carboxylic acids is 1. The molecular formula is C11H17N3O3S. The maximum absolute atomic E-state index is 10.9. The summed E-state index contributed by atoms with van der Waals surface area (Å²) in [6.07, 6.45) is 0.126. The van der Waals surface area contributed by atoms with Gasteiger partial charge in [0.25, 0.3) is 0 Å². The topological polar surface area (TPSA) is 74.7 Å². The number of carbonyl (C=O) groups is 1. The molecule has 18 heavy (non-hydrogen) atoms. The van der Waals surface area contributed by atoms with Crippen LogP contribution in [-0.2, 0) is 4.74 Å². The number of aromatic nitrogens is 1. The first-order valence-corrected chi connectivity index (χ1v) is 6.62. The van der Waals surface area contributed by atoms with Gasteiger partial charge in [-0.15, -0.1) is 0 Å². The van der Waals surface area contributed by atoms with Gasteiger partial charge in [0.05, 0.1) is 18.4 Å². The van der Waals surface area contributed by atoms with E-state index in [9.17, 15) is 4.79 Å². The fourth-order valence-corrected chi connectivity index (χ4v) is 2.67. The molecule has 7 heteroatoms. The van der Waals surface area contributed by atoms with Crippen LogP contribution in [0, 0.1) is 6.92 Å². The van der Waals surface area contributed by atoms with Gasteiger partial charge in [-0.25, -0.2) is 9.78 Å².